The number of amides is 2. The third kappa shape index (κ3) is 4.51. The van der Waals surface area contributed by atoms with Crippen LogP contribution in [0.4, 0.5) is 14.5 Å². The molecule has 0 spiro atoms. The van der Waals surface area contributed by atoms with Gasteiger partial charge in [0.2, 0.25) is 5.91 Å². The van der Waals surface area contributed by atoms with Gasteiger partial charge in [-0.25, -0.2) is 13.8 Å². The number of fused-ring (bicyclic) bond motifs is 1. The third-order valence-electron chi connectivity index (χ3n) is 5.32. The zero-order valence-corrected chi connectivity index (χ0v) is 19.8. The fraction of sp³-hybridized carbons (Fsp3) is 0.217. The Balaban J connectivity index is 1.76. The molecule has 11 heteroatoms. The Kier molecular flexibility index (Phi) is 6.63. The molecule has 0 unspecified atom stereocenters. The van der Waals surface area contributed by atoms with E-state index in [1.165, 1.54) is 6.07 Å². The van der Waals surface area contributed by atoms with E-state index in [1.54, 1.807) is 48.9 Å². The Morgan fingerprint density at radius 1 is 1.24 bits per heavy atom. The van der Waals surface area contributed by atoms with Gasteiger partial charge in [-0.05, 0) is 31.0 Å². The lowest BCUT2D eigenvalue weighted by Gasteiger charge is -2.11. The lowest BCUT2D eigenvalue weighted by molar-refractivity contribution is -0.116. The number of aryl methyl sites for hydroxylation is 2. The summed E-state index contributed by atoms with van der Waals surface area (Å²) >= 11 is 7.03. The standard InChI is InChI=1S/C23H20ClF2N5O2S/c1-11-18(24)12(2)31(30-11)9-8-16(32)29-19-17-14(13-6-4-3-5-7-13)10-15(21(25)26)28-23(17)34-20(19)22(27)33/h3-7,10,21H,8-9H2,1-2H3,(H2,27,33)(H,29,32). The van der Waals surface area contributed by atoms with Crippen molar-refractivity contribution in [1.82, 2.24) is 14.8 Å². The first-order valence-electron chi connectivity index (χ1n) is 10.3. The van der Waals surface area contributed by atoms with Crippen LogP contribution < -0.4 is 11.1 Å². The van der Waals surface area contributed by atoms with E-state index in [1.807, 2.05) is 0 Å². The Morgan fingerprint density at radius 2 is 1.94 bits per heavy atom. The quantitative estimate of drug-likeness (QED) is 0.348. The molecular formula is C23H20ClF2N5O2S. The van der Waals surface area contributed by atoms with Crippen molar-refractivity contribution in [1.29, 1.82) is 0 Å². The molecule has 0 saturated carbocycles. The number of alkyl halides is 2. The number of pyridine rings is 1. The molecule has 4 rings (SSSR count). The fourth-order valence-corrected chi connectivity index (χ4v) is 4.82. The van der Waals surface area contributed by atoms with Crippen molar-refractivity contribution in [3.8, 4) is 11.1 Å². The molecule has 3 N–H and O–H groups in total. The van der Waals surface area contributed by atoms with Crippen molar-refractivity contribution in [2.24, 2.45) is 5.73 Å². The number of hydrogen-bond acceptors (Lipinski definition) is 5. The first kappa shape index (κ1) is 23.8. The maximum Gasteiger partial charge on any atom is 0.280 e. The summed E-state index contributed by atoms with van der Waals surface area (Å²) in [6, 6.07) is 10.1. The average molecular weight is 504 g/mol. The van der Waals surface area contributed by atoms with E-state index in [4.69, 9.17) is 17.3 Å². The van der Waals surface area contributed by atoms with Crippen molar-refractivity contribution in [2.75, 3.05) is 5.32 Å². The molecule has 34 heavy (non-hydrogen) atoms. The van der Waals surface area contributed by atoms with Gasteiger partial charge in [0.1, 0.15) is 15.4 Å². The maximum atomic E-state index is 13.6. The summed E-state index contributed by atoms with van der Waals surface area (Å²) < 4.78 is 28.7. The van der Waals surface area contributed by atoms with Crippen molar-refractivity contribution in [2.45, 2.75) is 33.2 Å². The van der Waals surface area contributed by atoms with Crippen LogP contribution >= 0.6 is 22.9 Å². The molecule has 4 aromatic rings. The van der Waals surface area contributed by atoms with Gasteiger partial charge in [0.25, 0.3) is 12.3 Å². The monoisotopic (exact) mass is 503 g/mol. The van der Waals surface area contributed by atoms with Gasteiger partial charge in [0, 0.05) is 11.8 Å². The van der Waals surface area contributed by atoms with Gasteiger partial charge >= 0.3 is 0 Å². The van der Waals surface area contributed by atoms with Gasteiger partial charge in [0.05, 0.1) is 28.6 Å². The van der Waals surface area contributed by atoms with Crippen LogP contribution in [-0.2, 0) is 11.3 Å². The van der Waals surface area contributed by atoms with Crippen LogP contribution in [-0.4, -0.2) is 26.6 Å². The number of hydrogen-bond donors (Lipinski definition) is 2. The van der Waals surface area contributed by atoms with Gasteiger partial charge in [-0.15, -0.1) is 11.3 Å². The molecule has 2 amide bonds. The number of thiophene rings is 1. The molecule has 0 aliphatic heterocycles. The number of nitrogens with zero attached hydrogens (tertiary/aromatic N) is 3. The van der Waals surface area contributed by atoms with Crippen LogP contribution in [0.2, 0.25) is 5.02 Å². The van der Waals surface area contributed by atoms with Gasteiger partial charge in [-0.2, -0.15) is 5.10 Å². The normalized spacial score (nSPS) is 11.4. The number of aromatic nitrogens is 3. The van der Waals surface area contributed by atoms with Crippen LogP contribution in [0.1, 0.15) is 39.6 Å². The summed E-state index contributed by atoms with van der Waals surface area (Å²) in [6.07, 6.45) is -2.77. The molecule has 0 atom stereocenters. The summed E-state index contributed by atoms with van der Waals surface area (Å²) in [4.78, 5) is 29.3. The van der Waals surface area contributed by atoms with E-state index in [9.17, 15) is 18.4 Å². The van der Waals surface area contributed by atoms with Crippen LogP contribution in [0, 0.1) is 13.8 Å². The number of rotatable bonds is 7. The second-order valence-electron chi connectivity index (χ2n) is 7.62. The molecule has 0 aliphatic rings. The van der Waals surface area contributed by atoms with E-state index in [0.29, 0.717) is 27.2 Å². The summed E-state index contributed by atoms with van der Waals surface area (Å²) in [5.74, 6) is -1.19. The van der Waals surface area contributed by atoms with Gasteiger partial charge in [-0.1, -0.05) is 41.9 Å². The molecule has 0 saturated heterocycles. The molecule has 3 heterocycles. The van der Waals surface area contributed by atoms with E-state index >= 15 is 0 Å². The zero-order valence-electron chi connectivity index (χ0n) is 18.2. The third-order valence-corrected chi connectivity index (χ3v) is 6.97. The summed E-state index contributed by atoms with van der Waals surface area (Å²) in [5, 5.41) is 7.98. The Morgan fingerprint density at radius 3 is 2.53 bits per heavy atom. The minimum Gasteiger partial charge on any atom is -0.365 e. The second-order valence-corrected chi connectivity index (χ2v) is 9.00. The topological polar surface area (TPSA) is 103 Å². The van der Waals surface area contributed by atoms with Crippen molar-refractivity contribution in [3.63, 3.8) is 0 Å². The predicted octanol–water partition coefficient (Wildman–Crippen LogP) is 5.50. The largest absolute Gasteiger partial charge is 0.365 e. The van der Waals surface area contributed by atoms with E-state index in [0.717, 1.165) is 17.0 Å². The number of carbonyl (C=O) groups is 2. The Hall–Kier alpha value is -3.37. The number of carbonyl (C=O) groups excluding carboxylic acids is 2. The van der Waals surface area contributed by atoms with Gasteiger partial charge in [-0.3, -0.25) is 14.3 Å². The lowest BCUT2D eigenvalue weighted by atomic mass is 10.0. The number of anilines is 1. The predicted molar refractivity (Wildman–Crippen MR) is 128 cm³/mol. The summed E-state index contributed by atoms with van der Waals surface area (Å²) in [6.45, 7) is 3.84. The lowest BCUT2D eigenvalue weighted by Crippen LogP contribution is -2.18. The number of nitrogens with two attached hydrogens (primary N) is 1. The van der Waals surface area contributed by atoms with Crippen molar-refractivity contribution in [3.05, 3.63) is 63.4 Å². The number of halogens is 3. The first-order valence-corrected chi connectivity index (χ1v) is 11.5. The Bertz CT molecular complexity index is 1400. The number of primary amides is 1. The zero-order chi connectivity index (χ0) is 24.6. The highest BCUT2D eigenvalue weighted by Gasteiger charge is 2.25. The summed E-state index contributed by atoms with van der Waals surface area (Å²) in [5.41, 5.74) is 7.75. The second kappa shape index (κ2) is 9.47. The Labute approximate surface area is 202 Å². The molecule has 0 radical (unpaired) electrons. The van der Waals surface area contributed by atoms with E-state index < -0.39 is 23.9 Å². The minimum atomic E-state index is -2.81. The fourth-order valence-electron chi connectivity index (χ4n) is 3.67. The molecule has 0 aliphatic carbocycles. The van der Waals surface area contributed by atoms with Crippen LogP contribution in [0.25, 0.3) is 21.3 Å². The van der Waals surface area contributed by atoms with Crippen LogP contribution in [0.5, 0.6) is 0 Å². The van der Waals surface area contributed by atoms with Crippen molar-refractivity contribution < 1.29 is 18.4 Å². The molecule has 3 aromatic heterocycles. The van der Waals surface area contributed by atoms with Gasteiger partial charge in [0.15, 0.2) is 0 Å². The smallest absolute Gasteiger partial charge is 0.280 e. The van der Waals surface area contributed by atoms with Crippen LogP contribution in [0.15, 0.2) is 36.4 Å². The highest BCUT2D eigenvalue weighted by molar-refractivity contribution is 7.21. The highest BCUT2D eigenvalue weighted by Crippen LogP contribution is 2.42. The average Bonchev–Trinajstić information content (AvgIpc) is 3.30. The SMILES string of the molecule is Cc1nn(CCC(=O)Nc2c(C(N)=O)sc3nc(C(F)F)cc(-c4ccccc4)c23)c(C)c1Cl. The molecule has 0 fully saturated rings. The van der Waals surface area contributed by atoms with Gasteiger partial charge < -0.3 is 11.1 Å². The molecule has 0 bridgehead atoms. The highest BCUT2D eigenvalue weighted by atomic mass is 35.5. The van der Waals surface area contributed by atoms with E-state index in [-0.39, 0.29) is 28.4 Å². The number of nitrogens with one attached hydrogen (secondary N) is 1. The summed E-state index contributed by atoms with van der Waals surface area (Å²) in [7, 11) is 0. The first-order chi connectivity index (χ1) is 16.2. The van der Waals surface area contributed by atoms with Crippen LogP contribution in [0.3, 0.4) is 0 Å². The minimum absolute atomic E-state index is 0.0357. The van der Waals surface area contributed by atoms with E-state index in [2.05, 4.69) is 15.4 Å². The molecule has 1 aromatic carbocycles. The molecule has 7 nitrogen and oxygen atoms in total. The molecule has 176 valence electrons. The maximum absolute atomic E-state index is 13.6. The number of benzene rings is 1. The molecular weight excluding hydrogens is 484 g/mol. The van der Waals surface area contributed by atoms with Crippen molar-refractivity contribution >= 4 is 50.7 Å².